The molecule has 1 atom stereocenters. The van der Waals surface area contributed by atoms with Gasteiger partial charge in [-0.2, -0.15) is 13.2 Å². The molecule has 30 heavy (non-hydrogen) atoms. The van der Waals surface area contributed by atoms with Crippen LogP contribution in [0.2, 0.25) is 0 Å². The lowest BCUT2D eigenvalue weighted by Crippen LogP contribution is -2.38. The molecular weight excluding hydrogens is 407 g/mol. The number of primary amides is 1. The van der Waals surface area contributed by atoms with Crippen molar-refractivity contribution in [2.75, 3.05) is 24.6 Å². The largest absolute Gasteiger partial charge is 0.449 e. The van der Waals surface area contributed by atoms with Crippen LogP contribution in [0.4, 0.5) is 29.3 Å². The Morgan fingerprint density at radius 2 is 2.07 bits per heavy atom. The van der Waals surface area contributed by atoms with E-state index in [0.717, 1.165) is 4.57 Å². The minimum absolute atomic E-state index is 0.0279. The first-order valence-corrected chi connectivity index (χ1v) is 9.60. The van der Waals surface area contributed by atoms with Crippen LogP contribution in [0.3, 0.4) is 0 Å². The number of hydrogen-bond donors (Lipinski definition) is 1. The number of carbonyl (C=O) groups is 1. The maximum Gasteiger partial charge on any atom is 0.449 e. The number of aromatic nitrogens is 2. The number of hydrogen-bond acceptors (Lipinski definition) is 6. The highest BCUT2D eigenvalue weighted by molar-refractivity contribution is 5.95. The zero-order valence-corrected chi connectivity index (χ0v) is 15.9. The summed E-state index contributed by atoms with van der Waals surface area (Å²) < 4.78 is 47.0. The first kappa shape index (κ1) is 20.2. The molecule has 9 nitrogen and oxygen atoms in total. The van der Waals surface area contributed by atoms with Crippen LogP contribution in [-0.4, -0.2) is 40.3 Å². The van der Waals surface area contributed by atoms with Gasteiger partial charge in [0.1, 0.15) is 11.2 Å². The number of piperidine rings is 1. The van der Waals surface area contributed by atoms with E-state index in [1.54, 1.807) is 4.90 Å². The SMILES string of the molecule is NC(=O)OCC1CCCN(c2c([N+](=O)[O-])ccc3c2nc(C(F)(F)F)n3C2CC2)C1. The highest BCUT2D eigenvalue weighted by Crippen LogP contribution is 2.46. The molecule has 1 aliphatic carbocycles. The van der Waals surface area contributed by atoms with Crippen LogP contribution in [0.25, 0.3) is 11.0 Å². The van der Waals surface area contributed by atoms with E-state index in [1.807, 2.05) is 0 Å². The van der Waals surface area contributed by atoms with Crippen LogP contribution in [0.1, 0.15) is 37.5 Å². The van der Waals surface area contributed by atoms with Gasteiger partial charge in [0.15, 0.2) is 0 Å². The van der Waals surface area contributed by atoms with E-state index < -0.39 is 23.0 Å². The van der Waals surface area contributed by atoms with Gasteiger partial charge in [-0.15, -0.1) is 0 Å². The number of amides is 1. The summed E-state index contributed by atoms with van der Waals surface area (Å²) in [6.45, 7) is 0.745. The van der Waals surface area contributed by atoms with Gasteiger partial charge in [0.05, 0.1) is 17.0 Å². The number of nitro groups is 1. The number of halogens is 3. The number of anilines is 1. The summed E-state index contributed by atoms with van der Waals surface area (Å²) in [5, 5.41) is 11.7. The van der Waals surface area contributed by atoms with Crippen molar-refractivity contribution in [1.82, 2.24) is 9.55 Å². The fourth-order valence-electron chi connectivity index (χ4n) is 4.10. The molecule has 2 fully saturated rings. The minimum Gasteiger partial charge on any atom is -0.449 e. The molecule has 2 aliphatic rings. The van der Waals surface area contributed by atoms with Crippen molar-refractivity contribution in [3.05, 3.63) is 28.1 Å². The second-order valence-corrected chi connectivity index (χ2v) is 7.68. The van der Waals surface area contributed by atoms with Gasteiger partial charge in [-0.25, -0.2) is 9.78 Å². The van der Waals surface area contributed by atoms with Crippen molar-refractivity contribution < 1.29 is 27.6 Å². The van der Waals surface area contributed by atoms with E-state index in [9.17, 15) is 28.1 Å². The van der Waals surface area contributed by atoms with E-state index in [2.05, 4.69) is 4.98 Å². The Labute approximate surface area is 168 Å². The third-order valence-corrected chi connectivity index (χ3v) is 5.47. The Bertz CT molecular complexity index is 1000. The molecule has 1 aromatic heterocycles. The standard InChI is InChI=1S/C18H20F3N5O4/c19-18(20,21)16-23-14-12(25(16)11-3-4-11)5-6-13(26(28)29)15(14)24-7-1-2-10(8-24)9-30-17(22)27/h5-6,10-11H,1-4,7-9H2,(H2,22,27). The van der Waals surface area contributed by atoms with E-state index in [0.29, 0.717) is 32.2 Å². The van der Waals surface area contributed by atoms with Crippen molar-refractivity contribution in [3.8, 4) is 0 Å². The Morgan fingerprint density at radius 3 is 2.67 bits per heavy atom. The molecule has 162 valence electrons. The van der Waals surface area contributed by atoms with Crippen LogP contribution in [0.5, 0.6) is 0 Å². The molecule has 0 radical (unpaired) electrons. The smallest absolute Gasteiger partial charge is 0.449 e. The molecule has 4 rings (SSSR count). The van der Waals surface area contributed by atoms with Gasteiger partial charge < -0.3 is 19.9 Å². The van der Waals surface area contributed by atoms with E-state index in [-0.39, 0.29) is 47.5 Å². The van der Waals surface area contributed by atoms with Gasteiger partial charge in [-0.3, -0.25) is 10.1 Å². The Hall–Kier alpha value is -3.05. The predicted octanol–water partition coefficient (Wildman–Crippen LogP) is 3.61. The zero-order valence-electron chi connectivity index (χ0n) is 15.9. The second-order valence-electron chi connectivity index (χ2n) is 7.68. The van der Waals surface area contributed by atoms with Gasteiger partial charge in [0.25, 0.3) is 5.69 Å². The molecule has 0 spiro atoms. The number of rotatable bonds is 5. The molecule has 0 bridgehead atoms. The average molecular weight is 427 g/mol. The number of alkyl halides is 3. The summed E-state index contributed by atoms with van der Waals surface area (Å²) in [5.41, 5.74) is 4.99. The molecular formula is C18H20F3N5O4. The van der Waals surface area contributed by atoms with Crippen molar-refractivity contribution in [1.29, 1.82) is 0 Å². The molecule has 1 aliphatic heterocycles. The zero-order chi connectivity index (χ0) is 21.6. The first-order chi connectivity index (χ1) is 14.2. The molecule has 1 saturated carbocycles. The number of fused-ring (bicyclic) bond motifs is 1. The van der Waals surface area contributed by atoms with Gasteiger partial charge in [-0.1, -0.05) is 0 Å². The van der Waals surface area contributed by atoms with Crippen molar-refractivity contribution in [2.45, 2.75) is 37.9 Å². The molecule has 1 aromatic carbocycles. The summed E-state index contributed by atoms with van der Waals surface area (Å²) in [4.78, 5) is 27.5. The molecule has 2 heterocycles. The van der Waals surface area contributed by atoms with E-state index in [1.165, 1.54) is 12.1 Å². The first-order valence-electron chi connectivity index (χ1n) is 9.60. The van der Waals surface area contributed by atoms with Crippen molar-refractivity contribution in [2.24, 2.45) is 11.7 Å². The predicted molar refractivity (Wildman–Crippen MR) is 100 cm³/mol. The molecule has 12 heteroatoms. The molecule has 2 N–H and O–H groups in total. The highest BCUT2D eigenvalue weighted by Gasteiger charge is 2.43. The maximum absolute atomic E-state index is 13.7. The quantitative estimate of drug-likeness (QED) is 0.576. The second kappa shape index (κ2) is 7.33. The summed E-state index contributed by atoms with van der Waals surface area (Å²) in [5.74, 6) is -1.18. The number of ether oxygens (including phenoxy) is 1. The third kappa shape index (κ3) is 3.73. The highest BCUT2D eigenvalue weighted by atomic mass is 19.4. The normalized spacial score (nSPS) is 19.8. The number of nitrogens with zero attached hydrogens (tertiary/aromatic N) is 4. The van der Waals surface area contributed by atoms with Crippen LogP contribution in [-0.2, 0) is 10.9 Å². The minimum atomic E-state index is -4.67. The lowest BCUT2D eigenvalue weighted by molar-refractivity contribution is -0.384. The summed E-state index contributed by atoms with van der Waals surface area (Å²) in [6, 6.07) is 2.27. The third-order valence-electron chi connectivity index (χ3n) is 5.47. The number of imidazole rings is 1. The van der Waals surface area contributed by atoms with Crippen LogP contribution < -0.4 is 10.6 Å². The summed E-state index contributed by atoms with van der Waals surface area (Å²) in [6.07, 6.45) is -3.03. The van der Waals surface area contributed by atoms with Gasteiger partial charge in [0.2, 0.25) is 5.82 Å². The fraction of sp³-hybridized carbons (Fsp3) is 0.556. The van der Waals surface area contributed by atoms with Crippen molar-refractivity contribution in [3.63, 3.8) is 0 Å². The lowest BCUT2D eigenvalue weighted by atomic mass is 9.98. The van der Waals surface area contributed by atoms with Crippen LogP contribution in [0.15, 0.2) is 12.1 Å². The van der Waals surface area contributed by atoms with Crippen LogP contribution in [0, 0.1) is 16.0 Å². The van der Waals surface area contributed by atoms with Crippen molar-refractivity contribution >= 4 is 28.5 Å². The number of benzene rings is 1. The number of nitrogens with two attached hydrogens (primary N) is 1. The Morgan fingerprint density at radius 1 is 1.33 bits per heavy atom. The Kier molecular flexibility index (Phi) is 4.94. The van der Waals surface area contributed by atoms with E-state index in [4.69, 9.17) is 10.5 Å². The molecule has 2 aromatic rings. The van der Waals surface area contributed by atoms with Gasteiger partial charge in [0, 0.05) is 31.1 Å². The van der Waals surface area contributed by atoms with Crippen LogP contribution >= 0.6 is 0 Å². The average Bonchev–Trinajstić information content (AvgIpc) is 3.43. The van der Waals surface area contributed by atoms with Gasteiger partial charge >= 0.3 is 12.3 Å². The van der Waals surface area contributed by atoms with E-state index >= 15 is 0 Å². The monoisotopic (exact) mass is 427 g/mol. The number of carbonyl (C=O) groups excluding carboxylic acids is 1. The number of nitro benzene ring substituents is 1. The molecule has 1 unspecified atom stereocenters. The summed E-state index contributed by atoms with van der Waals surface area (Å²) >= 11 is 0. The topological polar surface area (TPSA) is 117 Å². The van der Waals surface area contributed by atoms with Gasteiger partial charge in [-0.05, 0) is 31.7 Å². The summed E-state index contributed by atoms with van der Waals surface area (Å²) in [7, 11) is 0. The fourth-order valence-corrected chi connectivity index (χ4v) is 4.10. The maximum atomic E-state index is 13.7. The molecule has 1 saturated heterocycles. The molecule has 1 amide bonds. The lowest BCUT2D eigenvalue weighted by Gasteiger charge is -2.33. The Balaban J connectivity index is 1.82.